The lowest BCUT2D eigenvalue weighted by atomic mass is 9.86. The molecule has 0 bridgehead atoms. The minimum atomic E-state index is -0.297. The third-order valence-electron chi connectivity index (χ3n) is 2.41. The molecule has 0 aromatic rings. The number of hydrogen-bond donors (Lipinski definition) is 2. The molecule has 0 aromatic carbocycles. The number of methoxy groups -OCH3 is 1. The van der Waals surface area contributed by atoms with E-state index in [0.29, 0.717) is 6.54 Å². The third-order valence-corrected chi connectivity index (χ3v) is 2.41. The monoisotopic (exact) mass is 200 g/mol. The van der Waals surface area contributed by atoms with Crippen LogP contribution < -0.4 is 10.6 Å². The summed E-state index contributed by atoms with van der Waals surface area (Å²) in [5, 5.41) is 6.36. The van der Waals surface area contributed by atoms with E-state index < -0.39 is 0 Å². The summed E-state index contributed by atoms with van der Waals surface area (Å²) in [7, 11) is 1.64. The van der Waals surface area contributed by atoms with Crippen LogP contribution in [0.5, 0.6) is 0 Å². The molecular formula is C10H20N2O2. The fourth-order valence-corrected chi connectivity index (χ4v) is 1.54. The Balaban J connectivity index is 2.56. The van der Waals surface area contributed by atoms with Crippen molar-refractivity contribution in [3.05, 3.63) is 0 Å². The number of rotatable bonds is 2. The first-order valence-electron chi connectivity index (χ1n) is 4.99. The van der Waals surface area contributed by atoms with Crippen LogP contribution in [0.1, 0.15) is 20.8 Å². The zero-order valence-corrected chi connectivity index (χ0v) is 9.39. The number of hydrogen-bond acceptors (Lipinski definition) is 4. The number of piperazine rings is 1. The second-order valence-corrected chi connectivity index (χ2v) is 4.72. The summed E-state index contributed by atoms with van der Waals surface area (Å²) in [6, 6.07) is -0.131. The number of Topliss-reactive ketones (excluding diaryl/α,β-unsaturated/α-hetero) is 1. The van der Waals surface area contributed by atoms with Crippen molar-refractivity contribution in [1.29, 1.82) is 0 Å². The van der Waals surface area contributed by atoms with Crippen LogP contribution in [0.15, 0.2) is 0 Å². The van der Waals surface area contributed by atoms with Gasteiger partial charge in [0.25, 0.3) is 0 Å². The Morgan fingerprint density at radius 1 is 1.36 bits per heavy atom. The van der Waals surface area contributed by atoms with E-state index in [1.54, 1.807) is 7.11 Å². The summed E-state index contributed by atoms with van der Waals surface area (Å²) in [5.41, 5.74) is -0.297. The topological polar surface area (TPSA) is 50.4 Å². The summed E-state index contributed by atoms with van der Waals surface area (Å²) in [5.74, 6) is 0.228. The highest BCUT2D eigenvalue weighted by Crippen LogP contribution is 2.17. The number of nitrogens with one attached hydrogen (secondary N) is 2. The molecule has 1 aliphatic heterocycles. The molecule has 2 atom stereocenters. The Morgan fingerprint density at radius 3 is 2.50 bits per heavy atom. The Morgan fingerprint density at radius 2 is 2.00 bits per heavy atom. The fourth-order valence-electron chi connectivity index (χ4n) is 1.54. The van der Waals surface area contributed by atoms with Crippen molar-refractivity contribution in [1.82, 2.24) is 10.6 Å². The van der Waals surface area contributed by atoms with Crippen molar-refractivity contribution in [3.63, 3.8) is 0 Å². The van der Waals surface area contributed by atoms with Gasteiger partial charge in [-0.25, -0.2) is 0 Å². The predicted octanol–water partition coefficient (Wildman–Crippen LogP) is 0.136. The smallest absolute Gasteiger partial charge is 0.156 e. The van der Waals surface area contributed by atoms with E-state index in [2.05, 4.69) is 10.6 Å². The number of ether oxygens (including phenoxy) is 1. The van der Waals surface area contributed by atoms with E-state index in [0.717, 1.165) is 6.54 Å². The van der Waals surface area contributed by atoms with E-state index in [9.17, 15) is 4.79 Å². The Labute approximate surface area is 85.4 Å². The molecule has 14 heavy (non-hydrogen) atoms. The highest BCUT2D eigenvalue weighted by Gasteiger charge is 2.32. The van der Waals surface area contributed by atoms with E-state index in [1.165, 1.54) is 0 Å². The van der Waals surface area contributed by atoms with Crippen LogP contribution in [0.4, 0.5) is 0 Å². The van der Waals surface area contributed by atoms with Crippen molar-refractivity contribution in [2.75, 3.05) is 20.2 Å². The molecule has 0 spiro atoms. The molecule has 82 valence electrons. The zero-order valence-electron chi connectivity index (χ0n) is 9.39. The molecule has 1 saturated heterocycles. The van der Waals surface area contributed by atoms with E-state index in [4.69, 9.17) is 4.74 Å². The van der Waals surface area contributed by atoms with Gasteiger partial charge in [-0.15, -0.1) is 0 Å². The highest BCUT2D eigenvalue weighted by atomic mass is 16.5. The van der Waals surface area contributed by atoms with Gasteiger partial charge in [0.15, 0.2) is 5.78 Å². The van der Waals surface area contributed by atoms with Crippen LogP contribution in [-0.4, -0.2) is 38.3 Å². The predicted molar refractivity (Wildman–Crippen MR) is 55.1 cm³/mol. The first-order valence-corrected chi connectivity index (χ1v) is 4.99. The molecule has 0 aromatic heterocycles. The number of ketones is 1. The van der Waals surface area contributed by atoms with Crippen LogP contribution in [0.2, 0.25) is 0 Å². The zero-order chi connectivity index (χ0) is 10.8. The number of carbonyl (C=O) groups excluding carboxylic acids is 1. The maximum atomic E-state index is 11.9. The number of carbonyl (C=O) groups is 1. The second-order valence-electron chi connectivity index (χ2n) is 4.72. The summed E-state index contributed by atoms with van der Waals surface area (Å²) >= 11 is 0. The molecule has 2 N–H and O–H groups in total. The average molecular weight is 200 g/mol. The van der Waals surface area contributed by atoms with Gasteiger partial charge in [0.1, 0.15) is 6.23 Å². The standard InChI is InChI=1S/C10H20N2O2/c1-10(2,3)9(13)7-5-11-6-8(12-7)14-4/h7-8,11-12H,5-6H2,1-4H3. The van der Waals surface area contributed by atoms with Gasteiger partial charge < -0.3 is 10.1 Å². The second kappa shape index (κ2) is 4.38. The first-order chi connectivity index (χ1) is 6.45. The lowest BCUT2D eigenvalue weighted by molar-refractivity contribution is -0.130. The van der Waals surface area contributed by atoms with Crippen LogP contribution >= 0.6 is 0 Å². The molecule has 0 saturated carbocycles. The summed E-state index contributed by atoms with van der Waals surface area (Å²) in [6.45, 7) is 7.26. The Hall–Kier alpha value is -0.450. The minimum absolute atomic E-state index is 0.0555. The van der Waals surface area contributed by atoms with Gasteiger partial charge in [-0.2, -0.15) is 0 Å². The summed E-state index contributed by atoms with van der Waals surface area (Å²) in [6.07, 6.45) is -0.0555. The van der Waals surface area contributed by atoms with Crippen LogP contribution in [-0.2, 0) is 9.53 Å². The fraction of sp³-hybridized carbons (Fsp3) is 0.900. The van der Waals surface area contributed by atoms with Gasteiger partial charge in [0.2, 0.25) is 0 Å². The highest BCUT2D eigenvalue weighted by molar-refractivity contribution is 5.89. The molecule has 1 heterocycles. The summed E-state index contributed by atoms with van der Waals surface area (Å²) < 4.78 is 5.16. The normalized spacial score (nSPS) is 28.9. The first kappa shape index (κ1) is 11.6. The quantitative estimate of drug-likeness (QED) is 0.665. The van der Waals surface area contributed by atoms with Gasteiger partial charge in [0.05, 0.1) is 6.04 Å². The Kier molecular flexibility index (Phi) is 3.64. The maximum absolute atomic E-state index is 11.9. The van der Waals surface area contributed by atoms with E-state index in [1.807, 2.05) is 20.8 Å². The van der Waals surface area contributed by atoms with Crippen molar-refractivity contribution >= 4 is 5.78 Å². The molecule has 4 heteroatoms. The van der Waals surface area contributed by atoms with Gasteiger partial charge >= 0.3 is 0 Å². The molecule has 0 radical (unpaired) electrons. The van der Waals surface area contributed by atoms with Gasteiger partial charge in [-0.1, -0.05) is 20.8 Å². The van der Waals surface area contributed by atoms with Crippen molar-refractivity contribution in [2.45, 2.75) is 33.0 Å². The molecule has 1 rings (SSSR count). The SMILES string of the molecule is COC1CNCC(C(=O)C(C)(C)C)N1. The molecule has 2 unspecified atom stereocenters. The van der Waals surface area contributed by atoms with Crippen LogP contribution in [0, 0.1) is 5.41 Å². The van der Waals surface area contributed by atoms with Gasteiger partial charge in [-0.05, 0) is 0 Å². The van der Waals surface area contributed by atoms with Crippen LogP contribution in [0.25, 0.3) is 0 Å². The van der Waals surface area contributed by atoms with Gasteiger partial charge in [-0.3, -0.25) is 10.1 Å². The maximum Gasteiger partial charge on any atom is 0.156 e. The minimum Gasteiger partial charge on any atom is -0.365 e. The molecule has 1 aliphatic rings. The summed E-state index contributed by atoms with van der Waals surface area (Å²) in [4.78, 5) is 11.9. The third kappa shape index (κ3) is 2.77. The van der Waals surface area contributed by atoms with Crippen molar-refractivity contribution < 1.29 is 9.53 Å². The van der Waals surface area contributed by atoms with Crippen LogP contribution in [0.3, 0.4) is 0 Å². The average Bonchev–Trinajstić information content (AvgIpc) is 2.15. The molecule has 0 aliphatic carbocycles. The molecule has 1 fully saturated rings. The van der Waals surface area contributed by atoms with Crippen molar-refractivity contribution in [2.24, 2.45) is 5.41 Å². The molecule has 0 amide bonds. The van der Waals surface area contributed by atoms with Crippen molar-refractivity contribution in [3.8, 4) is 0 Å². The van der Waals surface area contributed by atoms with E-state index in [-0.39, 0.29) is 23.5 Å². The Bertz CT molecular complexity index is 211. The molecule has 4 nitrogen and oxygen atoms in total. The van der Waals surface area contributed by atoms with E-state index >= 15 is 0 Å². The lowest BCUT2D eigenvalue weighted by Gasteiger charge is -2.33. The lowest BCUT2D eigenvalue weighted by Crippen LogP contribution is -2.60. The largest absolute Gasteiger partial charge is 0.365 e. The van der Waals surface area contributed by atoms with Gasteiger partial charge in [0, 0.05) is 25.6 Å². The molecular weight excluding hydrogens is 180 g/mol.